The number of oxime groups is 1. The van der Waals surface area contributed by atoms with Crippen LogP contribution in [0.4, 0.5) is 10.5 Å². The summed E-state index contributed by atoms with van der Waals surface area (Å²) in [5, 5.41) is 6.12. The van der Waals surface area contributed by atoms with Crippen LogP contribution in [0, 0.1) is 0 Å². The van der Waals surface area contributed by atoms with Crippen LogP contribution in [0.25, 0.3) is 21.8 Å². The zero-order valence-corrected chi connectivity index (χ0v) is 20.1. The Labute approximate surface area is 209 Å². The highest BCUT2D eigenvalue weighted by atomic mass is 16.7. The first kappa shape index (κ1) is 23.1. The normalized spacial score (nSPS) is 11.6. The van der Waals surface area contributed by atoms with Crippen LogP contribution in [0.5, 0.6) is 0 Å². The number of Topliss-reactive ketones (excluding diaryl/α,β-unsaturated/α-hetero) is 1. The van der Waals surface area contributed by atoms with Gasteiger partial charge in [0.15, 0.2) is 5.71 Å². The topological polar surface area (TPSA) is 63.9 Å². The Morgan fingerprint density at radius 3 is 2.14 bits per heavy atom. The molecule has 6 nitrogen and oxygen atoms in total. The fraction of sp³-hybridized carbons (Fsp3) is 0.100. The van der Waals surface area contributed by atoms with Crippen molar-refractivity contribution in [3.63, 3.8) is 0 Å². The second kappa shape index (κ2) is 9.88. The number of nitrogens with zero attached hydrogens (tertiary/aromatic N) is 3. The van der Waals surface area contributed by atoms with Crippen LogP contribution in [-0.2, 0) is 11.4 Å². The Kier molecular flexibility index (Phi) is 6.33. The minimum Gasteiger partial charge on any atom is -0.341 e. The van der Waals surface area contributed by atoms with E-state index in [1.807, 2.05) is 60.7 Å². The van der Waals surface area contributed by atoms with E-state index in [2.05, 4.69) is 28.8 Å². The van der Waals surface area contributed by atoms with E-state index in [1.165, 1.54) is 4.90 Å². The fourth-order valence-electron chi connectivity index (χ4n) is 4.40. The Hall–Kier alpha value is -4.71. The number of rotatable bonds is 6. The highest BCUT2D eigenvalue weighted by Gasteiger charge is 2.21. The first-order valence-corrected chi connectivity index (χ1v) is 11.8. The van der Waals surface area contributed by atoms with Crippen LogP contribution < -0.4 is 4.90 Å². The monoisotopic (exact) mass is 475 g/mol. The van der Waals surface area contributed by atoms with E-state index in [4.69, 9.17) is 4.84 Å². The molecule has 1 amide bonds. The van der Waals surface area contributed by atoms with E-state index in [9.17, 15) is 9.59 Å². The van der Waals surface area contributed by atoms with E-state index in [-0.39, 0.29) is 11.5 Å². The molecule has 0 bridgehead atoms. The molecule has 178 valence electrons. The lowest BCUT2D eigenvalue weighted by Gasteiger charge is -2.15. The molecular weight excluding hydrogens is 450 g/mol. The highest BCUT2D eigenvalue weighted by molar-refractivity contribution is 6.51. The van der Waals surface area contributed by atoms with Crippen LogP contribution in [0.3, 0.4) is 0 Å². The number of para-hydroxylation sites is 2. The molecule has 0 saturated heterocycles. The van der Waals surface area contributed by atoms with Gasteiger partial charge >= 0.3 is 6.09 Å². The molecule has 0 unspecified atom stereocenters. The molecule has 4 aromatic carbocycles. The van der Waals surface area contributed by atoms with Crippen molar-refractivity contribution in [2.24, 2.45) is 5.16 Å². The number of ketones is 1. The van der Waals surface area contributed by atoms with Gasteiger partial charge in [-0.2, -0.15) is 0 Å². The first-order valence-electron chi connectivity index (χ1n) is 11.8. The molecule has 5 rings (SSSR count). The van der Waals surface area contributed by atoms with Crippen molar-refractivity contribution in [3.05, 3.63) is 114 Å². The number of hydrogen-bond donors (Lipinski definition) is 0. The van der Waals surface area contributed by atoms with Gasteiger partial charge in [0.25, 0.3) is 0 Å². The average molecular weight is 476 g/mol. The zero-order valence-electron chi connectivity index (χ0n) is 20.1. The maximum Gasteiger partial charge on any atom is 0.440 e. The fourth-order valence-corrected chi connectivity index (χ4v) is 4.40. The Bertz CT molecular complexity index is 1590. The number of amides is 1. The Morgan fingerprint density at radius 2 is 1.42 bits per heavy atom. The summed E-state index contributed by atoms with van der Waals surface area (Å²) >= 11 is 0. The molecule has 0 aliphatic rings. The largest absolute Gasteiger partial charge is 0.440 e. The number of benzene rings is 4. The molecule has 0 atom stereocenters. The summed E-state index contributed by atoms with van der Waals surface area (Å²) < 4.78 is 2.23. The Morgan fingerprint density at radius 1 is 0.778 bits per heavy atom. The maximum atomic E-state index is 13.7. The minimum atomic E-state index is -0.691. The quantitative estimate of drug-likeness (QED) is 0.119. The summed E-state index contributed by atoms with van der Waals surface area (Å²) in [7, 11) is 1.59. The summed E-state index contributed by atoms with van der Waals surface area (Å²) in [6.45, 7) is 2.92. The number of carbonyl (C=O) groups is 2. The van der Waals surface area contributed by atoms with Gasteiger partial charge in [-0.15, -0.1) is 0 Å². The summed E-state index contributed by atoms with van der Waals surface area (Å²) in [6.07, 6.45) is -0.691. The smallest absolute Gasteiger partial charge is 0.341 e. The molecule has 5 aromatic rings. The number of fused-ring (bicyclic) bond motifs is 3. The van der Waals surface area contributed by atoms with E-state index in [0.29, 0.717) is 16.8 Å². The molecular formula is C30H25N3O3. The second-order valence-corrected chi connectivity index (χ2v) is 8.38. The van der Waals surface area contributed by atoms with Crippen molar-refractivity contribution in [3.8, 4) is 0 Å². The van der Waals surface area contributed by atoms with Gasteiger partial charge in [-0.25, -0.2) is 4.79 Å². The molecule has 0 aliphatic heterocycles. The molecule has 6 heteroatoms. The van der Waals surface area contributed by atoms with Gasteiger partial charge in [0, 0.05) is 52.2 Å². The molecule has 0 saturated carbocycles. The van der Waals surface area contributed by atoms with Crippen LogP contribution in [-0.4, -0.2) is 29.2 Å². The summed E-state index contributed by atoms with van der Waals surface area (Å²) in [5.74, 6) is -0.327. The van der Waals surface area contributed by atoms with E-state index >= 15 is 0 Å². The van der Waals surface area contributed by atoms with Gasteiger partial charge in [0.2, 0.25) is 5.78 Å². The van der Waals surface area contributed by atoms with Crippen LogP contribution in [0.15, 0.2) is 108 Å². The molecule has 0 N–H and O–H groups in total. The van der Waals surface area contributed by atoms with E-state index < -0.39 is 6.09 Å². The van der Waals surface area contributed by atoms with Gasteiger partial charge in [-0.1, -0.05) is 71.9 Å². The lowest BCUT2D eigenvalue weighted by atomic mass is 9.99. The van der Waals surface area contributed by atoms with Gasteiger partial charge < -0.3 is 4.57 Å². The summed E-state index contributed by atoms with van der Waals surface area (Å²) in [4.78, 5) is 33.0. The number of carbonyl (C=O) groups excluding carboxylic acids is 2. The third-order valence-corrected chi connectivity index (χ3v) is 6.25. The van der Waals surface area contributed by atoms with Gasteiger partial charge in [-0.3, -0.25) is 14.5 Å². The number of aromatic nitrogens is 1. The third-order valence-electron chi connectivity index (χ3n) is 6.25. The van der Waals surface area contributed by atoms with Crippen molar-refractivity contribution in [1.82, 2.24) is 4.57 Å². The summed E-state index contributed by atoms with van der Waals surface area (Å²) in [6, 6.07) is 31.9. The molecule has 0 spiro atoms. The third kappa shape index (κ3) is 4.25. The summed E-state index contributed by atoms with van der Waals surface area (Å²) in [5.41, 5.74) is 3.93. The lowest BCUT2D eigenvalue weighted by molar-refractivity contribution is 0.106. The lowest BCUT2D eigenvalue weighted by Crippen LogP contribution is -2.26. The minimum absolute atomic E-state index is 0.0593. The average Bonchev–Trinajstić information content (AvgIpc) is 3.26. The first-order chi connectivity index (χ1) is 17.6. The number of aryl methyl sites for hydroxylation is 1. The van der Waals surface area contributed by atoms with Crippen molar-refractivity contribution >= 4 is 45.1 Å². The van der Waals surface area contributed by atoms with Crippen molar-refractivity contribution in [2.45, 2.75) is 13.5 Å². The molecule has 0 aliphatic carbocycles. The standard InChI is InChI=1S/C30H25N3O3/c1-3-33-26-17-11-10-16-24(26)25-20-22(18-19-27(25)33)29(34)28(21-12-6-4-7-13-21)31-36-30(35)32(2)23-14-8-5-9-15-23/h4-20H,3H2,1-2H3/b31-28+. The molecule has 36 heavy (non-hydrogen) atoms. The maximum absolute atomic E-state index is 13.7. The van der Waals surface area contributed by atoms with Gasteiger partial charge in [0.05, 0.1) is 0 Å². The van der Waals surface area contributed by atoms with Crippen molar-refractivity contribution in [2.75, 3.05) is 11.9 Å². The van der Waals surface area contributed by atoms with E-state index in [1.54, 1.807) is 37.4 Å². The Balaban J connectivity index is 1.53. The predicted molar refractivity (Wildman–Crippen MR) is 144 cm³/mol. The van der Waals surface area contributed by atoms with Crippen molar-refractivity contribution in [1.29, 1.82) is 0 Å². The van der Waals surface area contributed by atoms with Crippen molar-refractivity contribution < 1.29 is 14.4 Å². The van der Waals surface area contributed by atoms with Crippen LogP contribution in [0.1, 0.15) is 22.8 Å². The zero-order chi connectivity index (χ0) is 25.1. The predicted octanol–water partition coefficient (Wildman–Crippen LogP) is 6.67. The second-order valence-electron chi connectivity index (χ2n) is 8.38. The molecule has 1 heterocycles. The van der Waals surface area contributed by atoms with Crippen LogP contribution >= 0.6 is 0 Å². The number of hydrogen-bond acceptors (Lipinski definition) is 4. The SMILES string of the molecule is CCn1c2ccccc2c2cc(C(=O)/C(=N/OC(=O)N(C)c3ccccc3)c3ccccc3)ccc21. The molecule has 0 fully saturated rings. The molecule has 0 radical (unpaired) electrons. The van der Waals surface area contributed by atoms with Gasteiger partial charge in [0.1, 0.15) is 0 Å². The molecule has 1 aromatic heterocycles. The van der Waals surface area contributed by atoms with E-state index in [0.717, 1.165) is 28.4 Å². The highest BCUT2D eigenvalue weighted by Crippen LogP contribution is 2.30. The van der Waals surface area contributed by atoms with Gasteiger partial charge in [-0.05, 0) is 43.3 Å². The van der Waals surface area contributed by atoms with Crippen LogP contribution in [0.2, 0.25) is 0 Å². The number of anilines is 1.